The Morgan fingerprint density at radius 1 is 1.37 bits per heavy atom. The molecule has 4 N–H and O–H groups in total. The largest absolute Gasteiger partial charge is 0.381 e. The molecular formula is C19H22ClN5O2. The molecule has 1 aromatic heterocycles. The normalized spacial score (nSPS) is 18.9. The van der Waals surface area contributed by atoms with E-state index in [4.69, 9.17) is 27.8 Å². The van der Waals surface area contributed by atoms with Crippen LogP contribution >= 0.6 is 11.6 Å². The highest BCUT2D eigenvalue weighted by Crippen LogP contribution is 2.34. The number of anilines is 2. The molecule has 2 heterocycles. The van der Waals surface area contributed by atoms with Gasteiger partial charge in [-0.05, 0) is 43.7 Å². The van der Waals surface area contributed by atoms with Gasteiger partial charge in [0.25, 0.3) is 0 Å². The van der Waals surface area contributed by atoms with E-state index < -0.39 is 5.60 Å². The van der Waals surface area contributed by atoms with Crippen molar-refractivity contribution in [2.45, 2.75) is 25.5 Å². The van der Waals surface area contributed by atoms with E-state index in [-0.39, 0.29) is 23.6 Å². The fourth-order valence-corrected chi connectivity index (χ4v) is 3.33. The van der Waals surface area contributed by atoms with E-state index in [1.165, 1.54) is 12.3 Å². The van der Waals surface area contributed by atoms with Crippen LogP contribution in [0.25, 0.3) is 11.3 Å². The average molecular weight is 388 g/mol. The van der Waals surface area contributed by atoms with Crippen molar-refractivity contribution in [1.29, 1.82) is 0 Å². The van der Waals surface area contributed by atoms with Gasteiger partial charge in [-0.2, -0.15) is 0 Å². The fourth-order valence-electron chi connectivity index (χ4n) is 3.09. The summed E-state index contributed by atoms with van der Waals surface area (Å²) in [5.41, 5.74) is 13.1. The zero-order valence-electron chi connectivity index (χ0n) is 15.3. The number of benzene rings is 1. The summed E-state index contributed by atoms with van der Waals surface area (Å²) in [6, 6.07) is 5.19. The van der Waals surface area contributed by atoms with Gasteiger partial charge in [0.15, 0.2) is 11.6 Å². The lowest BCUT2D eigenvalue weighted by Crippen LogP contribution is -2.51. The smallest absolute Gasteiger partial charge is 0.246 e. The van der Waals surface area contributed by atoms with Crippen molar-refractivity contribution in [2.24, 2.45) is 0 Å². The summed E-state index contributed by atoms with van der Waals surface area (Å²) in [5, 5.41) is 0.510. The monoisotopic (exact) mass is 387 g/mol. The number of nitrogens with two attached hydrogens (primary N) is 2. The molecule has 8 heteroatoms. The second-order valence-corrected chi connectivity index (χ2v) is 7.49. The van der Waals surface area contributed by atoms with Crippen LogP contribution in [0, 0.1) is 0 Å². The Morgan fingerprint density at radius 2 is 2.11 bits per heavy atom. The first-order valence-corrected chi connectivity index (χ1v) is 8.84. The Bertz CT molecular complexity index is 900. The Morgan fingerprint density at radius 3 is 2.78 bits per heavy atom. The zero-order valence-corrected chi connectivity index (χ0v) is 16.0. The van der Waals surface area contributed by atoms with Crippen LogP contribution in [0.3, 0.4) is 0 Å². The number of aromatic nitrogens is 2. The molecule has 1 fully saturated rings. The van der Waals surface area contributed by atoms with E-state index in [0.717, 1.165) is 11.1 Å². The van der Waals surface area contributed by atoms with Gasteiger partial charge in [-0.25, -0.2) is 9.97 Å². The molecule has 2 aromatic rings. The van der Waals surface area contributed by atoms with Gasteiger partial charge >= 0.3 is 0 Å². The highest BCUT2D eigenvalue weighted by atomic mass is 35.5. The summed E-state index contributed by atoms with van der Waals surface area (Å²) < 4.78 is 5.94. The van der Waals surface area contributed by atoms with Crippen molar-refractivity contribution < 1.29 is 9.53 Å². The topological polar surface area (TPSA) is 107 Å². The van der Waals surface area contributed by atoms with Gasteiger partial charge in [-0.3, -0.25) is 4.79 Å². The van der Waals surface area contributed by atoms with Gasteiger partial charge in [-0.15, -0.1) is 0 Å². The van der Waals surface area contributed by atoms with Gasteiger partial charge in [-0.1, -0.05) is 18.2 Å². The summed E-state index contributed by atoms with van der Waals surface area (Å²) in [5.74, 6) is 0.168. The standard InChI is InChI=1S/C19H22ClN5O2/c1-4-16(26)25-10-19(2,3)27-9-15(25)12-5-11(6-13(20)7-12)14-8-23-17(21)18(22)24-14/h4-8,15H,1,9-10H2,2-3H3,(H2,21,23)(H2,22,24)/t15-/m0/s1. The first-order chi connectivity index (χ1) is 12.7. The van der Waals surface area contributed by atoms with E-state index in [1.807, 2.05) is 26.0 Å². The van der Waals surface area contributed by atoms with Crippen LogP contribution in [0.1, 0.15) is 25.5 Å². The lowest BCUT2D eigenvalue weighted by Gasteiger charge is -2.43. The maximum absolute atomic E-state index is 12.4. The van der Waals surface area contributed by atoms with Gasteiger partial charge < -0.3 is 21.1 Å². The van der Waals surface area contributed by atoms with Crippen LogP contribution in [-0.2, 0) is 9.53 Å². The minimum absolute atomic E-state index is 0.153. The van der Waals surface area contributed by atoms with Crippen LogP contribution in [0.2, 0.25) is 5.02 Å². The molecule has 0 aliphatic carbocycles. The quantitative estimate of drug-likeness (QED) is 0.784. The average Bonchev–Trinajstić information content (AvgIpc) is 2.62. The number of nitrogen functional groups attached to an aromatic ring is 2. The number of hydrogen-bond acceptors (Lipinski definition) is 6. The van der Waals surface area contributed by atoms with Crippen molar-refractivity contribution in [3.63, 3.8) is 0 Å². The van der Waals surface area contributed by atoms with E-state index in [1.54, 1.807) is 11.0 Å². The molecule has 0 radical (unpaired) electrons. The number of ether oxygens (including phenoxy) is 1. The SMILES string of the molecule is C=CC(=O)N1CC(C)(C)OC[C@H]1c1cc(Cl)cc(-c2cnc(N)c(N)n2)c1. The molecule has 0 saturated carbocycles. The van der Waals surface area contributed by atoms with Gasteiger partial charge in [0, 0.05) is 10.6 Å². The number of carbonyl (C=O) groups excluding carboxylic acids is 1. The maximum atomic E-state index is 12.4. The number of hydrogen-bond donors (Lipinski definition) is 2. The third-order valence-corrected chi connectivity index (χ3v) is 4.67. The third kappa shape index (κ3) is 4.04. The number of morpholine rings is 1. The van der Waals surface area contributed by atoms with Crippen LogP contribution in [0.4, 0.5) is 11.6 Å². The number of rotatable bonds is 3. The Labute approximate surface area is 163 Å². The van der Waals surface area contributed by atoms with E-state index in [2.05, 4.69) is 16.5 Å². The predicted octanol–water partition coefficient (Wildman–Crippen LogP) is 2.83. The molecule has 1 aliphatic rings. The molecule has 1 aliphatic heterocycles. The predicted molar refractivity (Wildman–Crippen MR) is 106 cm³/mol. The zero-order chi connectivity index (χ0) is 19.8. The number of amides is 1. The number of nitrogens with zero attached hydrogens (tertiary/aromatic N) is 3. The number of carbonyl (C=O) groups is 1. The van der Waals surface area contributed by atoms with E-state index >= 15 is 0 Å². The Balaban J connectivity index is 2.03. The van der Waals surface area contributed by atoms with Crippen LogP contribution in [0.15, 0.2) is 37.1 Å². The lowest BCUT2D eigenvalue weighted by molar-refractivity contribution is -0.151. The van der Waals surface area contributed by atoms with E-state index in [0.29, 0.717) is 23.9 Å². The summed E-state index contributed by atoms with van der Waals surface area (Å²) in [4.78, 5) is 22.5. The highest BCUT2D eigenvalue weighted by Gasteiger charge is 2.36. The Kier molecular flexibility index (Phi) is 5.08. The molecule has 1 amide bonds. The molecule has 1 aromatic carbocycles. The molecule has 27 heavy (non-hydrogen) atoms. The highest BCUT2D eigenvalue weighted by molar-refractivity contribution is 6.31. The van der Waals surface area contributed by atoms with Crippen molar-refractivity contribution in [2.75, 3.05) is 24.6 Å². The number of halogens is 1. The molecule has 0 unspecified atom stereocenters. The Hall–Kier alpha value is -2.64. The van der Waals surface area contributed by atoms with Gasteiger partial charge in [0.05, 0.1) is 36.7 Å². The minimum Gasteiger partial charge on any atom is -0.381 e. The lowest BCUT2D eigenvalue weighted by atomic mass is 9.97. The van der Waals surface area contributed by atoms with Gasteiger partial charge in [0.2, 0.25) is 5.91 Å². The van der Waals surface area contributed by atoms with Crippen LogP contribution in [-0.4, -0.2) is 39.5 Å². The molecule has 7 nitrogen and oxygen atoms in total. The van der Waals surface area contributed by atoms with Gasteiger partial charge in [0.1, 0.15) is 0 Å². The molecule has 0 bridgehead atoms. The molecule has 3 rings (SSSR count). The maximum Gasteiger partial charge on any atom is 0.246 e. The van der Waals surface area contributed by atoms with E-state index in [9.17, 15) is 4.79 Å². The van der Waals surface area contributed by atoms with Crippen molar-refractivity contribution >= 4 is 29.1 Å². The van der Waals surface area contributed by atoms with Crippen molar-refractivity contribution in [1.82, 2.24) is 14.9 Å². The van der Waals surface area contributed by atoms with Crippen LogP contribution in [0.5, 0.6) is 0 Å². The fraction of sp³-hybridized carbons (Fsp3) is 0.316. The molecule has 0 spiro atoms. The summed E-state index contributed by atoms with van der Waals surface area (Å²) in [6.45, 7) is 8.30. The second-order valence-electron chi connectivity index (χ2n) is 7.06. The van der Waals surface area contributed by atoms with Crippen molar-refractivity contribution in [3.8, 4) is 11.3 Å². The van der Waals surface area contributed by atoms with Crippen molar-refractivity contribution in [3.05, 3.63) is 47.6 Å². The molecular weight excluding hydrogens is 366 g/mol. The first-order valence-electron chi connectivity index (χ1n) is 8.46. The molecule has 1 atom stereocenters. The molecule has 142 valence electrons. The summed E-state index contributed by atoms with van der Waals surface area (Å²) in [7, 11) is 0. The summed E-state index contributed by atoms with van der Waals surface area (Å²) >= 11 is 6.34. The second kappa shape index (κ2) is 7.17. The minimum atomic E-state index is -0.437. The first kappa shape index (κ1) is 19.1. The summed E-state index contributed by atoms with van der Waals surface area (Å²) in [6.07, 6.45) is 2.85. The molecule has 1 saturated heterocycles. The third-order valence-electron chi connectivity index (χ3n) is 4.45. The van der Waals surface area contributed by atoms with Crippen LogP contribution < -0.4 is 11.5 Å².